The average molecular weight is 382 g/mol. The number of nitriles is 1. The van der Waals surface area contributed by atoms with Gasteiger partial charge in [-0.1, -0.05) is 42.1 Å². The van der Waals surface area contributed by atoms with E-state index in [1.807, 2.05) is 18.2 Å². The molecular formula is C20H23N5OS. The number of hydrogen-bond donors (Lipinski definition) is 1. The molecule has 2 saturated carbocycles. The Morgan fingerprint density at radius 3 is 2.67 bits per heavy atom. The van der Waals surface area contributed by atoms with Crippen molar-refractivity contribution in [3.63, 3.8) is 0 Å². The van der Waals surface area contributed by atoms with Crippen molar-refractivity contribution >= 4 is 17.7 Å². The van der Waals surface area contributed by atoms with Crippen molar-refractivity contribution in [1.82, 2.24) is 20.1 Å². The van der Waals surface area contributed by atoms with Crippen molar-refractivity contribution in [2.24, 2.45) is 0 Å². The molecule has 0 unspecified atom stereocenters. The average Bonchev–Trinajstić information content (AvgIpc) is 3.30. The SMILES string of the molecule is N#CC1(NC(=O)CSc2nnc(C3CC3)n2Cc2ccccc2)CCCC1. The third kappa shape index (κ3) is 4.16. The van der Waals surface area contributed by atoms with E-state index < -0.39 is 5.54 Å². The van der Waals surface area contributed by atoms with E-state index >= 15 is 0 Å². The first-order valence-corrected chi connectivity index (χ1v) is 10.5. The van der Waals surface area contributed by atoms with E-state index in [0.717, 1.165) is 49.5 Å². The molecule has 0 atom stereocenters. The first kappa shape index (κ1) is 18.1. The van der Waals surface area contributed by atoms with Crippen LogP contribution in [0.25, 0.3) is 0 Å². The summed E-state index contributed by atoms with van der Waals surface area (Å²) in [6, 6.07) is 12.5. The summed E-state index contributed by atoms with van der Waals surface area (Å²) in [6.45, 7) is 0.714. The van der Waals surface area contributed by atoms with Gasteiger partial charge in [0.25, 0.3) is 0 Å². The molecule has 7 heteroatoms. The predicted octanol–water partition coefficient (Wildman–Crippen LogP) is 3.25. The molecule has 27 heavy (non-hydrogen) atoms. The highest BCUT2D eigenvalue weighted by Gasteiger charge is 2.35. The summed E-state index contributed by atoms with van der Waals surface area (Å²) in [5.74, 6) is 1.66. The second kappa shape index (κ2) is 7.73. The van der Waals surface area contributed by atoms with Crippen LogP contribution in [0.4, 0.5) is 0 Å². The van der Waals surface area contributed by atoms with E-state index in [-0.39, 0.29) is 11.7 Å². The van der Waals surface area contributed by atoms with Crippen molar-refractivity contribution in [1.29, 1.82) is 5.26 Å². The Balaban J connectivity index is 1.44. The van der Waals surface area contributed by atoms with Crippen molar-refractivity contribution in [2.45, 2.75) is 61.7 Å². The van der Waals surface area contributed by atoms with Gasteiger partial charge in [0.15, 0.2) is 5.16 Å². The molecule has 4 rings (SSSR count). The number of carbonyl (C=O) groups excluding carboxylic acids is 1. The number of thioether (sulfide) groups is 1. The molecule has 1 heterocycles. The molecule has 2 fully saturated rings. The summed E-state index contributed by atoms with van der Waals surface area (Å²) in [7, 11) is 0. The Morgan fingerprint density at radius 1 is 1.26 bits per heavy atom. The predicted molar refractivity (Wildman–Crippen MR) is 103 cm³/mol. The third-order valence-electron chi connectivity index (χ3n) is 5.25. The van der Waals surface area contributed by atoms with Gasteiger partial charge in [-0.05, 0) is 44.1 Å². The van der Waals surface area contributed by atoms with Crippen molar-refractivity contribution < 1.29 is 4.79 Å². The van der Waals surface area contributed by atoms with Crippen LogP contribution in [-0.4, -0.2) is 32.0 Å². The Bertz CT molecular complexity index is 847. The molecule has 1 N–H and O–H groups in total. The molecule has 0 radical (unpaired) electrons. The summed E-state index contributed by atoms with van der Waals surface area (Å²) in [5.41, 5.74) is 0.522. The summed E-state index contributed by atoms with van der Waals surface area (Å²) in [5, 5.41) is 21.9. The summed E-state index contributed by atoms with van der Waals surface area (Å²) in [6.07, 6.45) is 5.80. The topological polar surface area (TPSA) is 83.6 Å². The highest BCUT2D eigenvalue weighted by Crippen LogP contribution is 2.40. The molecule has 1 aromatic heterocycles. The number of nitrogens with one attached hydrogen (secondary N) is 1. The second-order valence-electron chi connectivity index (χ2n) is 7.42. The van der Waals surface area contributed by atoms with Crippen LogP contribution in [0, 0.1) is 11.3 Å². The van der Waals surface area contributed by atoms with Gasteiger partial charge in [0.2, 0.25) is 5.91 Å². The Hall–Kier alpha value is -2.33. The lowest BCUT2D eigenvalue weighted by molar-refractivity contribution is -0.119. The molecule has 2 aliphatic rings. The second-order valence-corrected chi connectivity index (χ2v) is 8.37. The maximum absolute atomic E-state index is 12.4. The zero-order valence-corrected chi connectivity index (χ0v) is 16.0. The van der Waals surface area contributed by atoms with Gasteiger partial charge in [0.05, 0.1) is 18.4 Å². The van der Waals surface area contributed by atoms with E-state index in [9.17, 15) is 10.1 Å². The van der Waals surface area contributed by atoms with E-state index in [1.54, 1.807) is 0 Å². The van der Waals surface area contributed by atoms with Gasteiger partial charge < -0.3 is 9.88 Å². The van der Waals surface area contributed by atoms with Gasteiger partial charge in [-0.2, -0.15) is 5.26 Å². The maximum atomic E-state index is 12.4. The Labute approximate surface area is 163 Å². The van der Waals surface area contributed by atoms with E-state index in [2.05, 4.69) is 38.3 Å². The zero-order chi connectivity index (χ0) is 18.7. The molecule has 1 amide bonds. The Kier molecular flexibility index (Phi) is 5.17. The van der Waals surface area contributed by atoms with Gasteiger partial charge in [0.1, 0.15) is 11.4 Å². The number of aromatic nitrogens is 3. The normalized spacial score (nSPS) is 18.2. The standard InChI is InChI=1S/C20H23N5OS/c21-14-20(10-4-5-11-20)22-17(26)13-27-19-24-23-18(16-8-9-16)25(19)12-15-6-2-1-3-7-15/h1-3,6-7,16H,4-5,8-13H2,(H,22,26). The van der Waals surface area contributed by atoms with Gasteiger partial charge in [-0.25, -0.2) is 0 Å². The fraction of sp³-hybridized carbons (Fsp3) is 0.500. The molecule has 0 spiro atoms. The monoisotopic (exact) mass is 381 g/mol. The molecule has 0 bridgehead atoms. The minimum Gasteiger partial charge on any atom is -0.337 e. The number of hydrogen-bond acceptors (Lipinski definition) is 5. The maximum Gasteiger partial charge on any atom is 0.231 e. The van der Waals surface area contributed by atoms with E-state index in [4.69, 9.17) is 0 Å². The number of benzene rings is 1. The van der Waals surface area contributed by atoms with Gasteiger partial charge in [0, 0.05) is 5.92 Å². The number of amides is 1. The molecule has 0 saturated heterocycles. The van der Waals surface area contributed by atoms with Gasteiger partial charge >= 0.3 is 0 Å². The van der Waals surface area contributed by atoms with E-state index in [0.29, 0.717) is 12.5 Å². The summed E-state index contributed by atoms with van der Waals surface area (Å²) < 4.78 is 2.14. The highest BCUT2D eigenvalue weighted by molar-refractivity contribution is 7.99. The minimum atomic E-state index is -0.672. The van der Waals surface area contributed by atoms with Crippen molar-refractivity contribution in [3.8, 4) is 6.07 Å². The van der Waals surface area contributed by atoms with Crippen LogP contribution in [0.3, 0.4) is 0 Å². The smallest absolute Gasteiger partial charge is 0.231 e. The Morgan fingerprint density at radius 2 is 2.00 bits per heavy atom. The lowest BCUT2D eigenvalue weighted by Crippen LogP contribution is -2.45. The molecule has 2 aliphatic carbocycles. The van der Waals surface area contributed by atoms with E-state index in [1.165, 1.54) is 17.3 Å². The van der Waals surface area contributed by atoms with Crippen LogP contribution in [0.15, 0.2) is 35.5 Å². The van der Waals surface area contributed by atoms with Crippen LogP contribution in [-0.2, 0) is 11.3 Å². The van der Waals surface area contributed by atoms with Crippen LogP contribution in [0.1, 0.15) is 55.8 Å². The minimum absolute atomic E-state index is 0.106. The molecule has 0 aliphatic heterocycles. The van der Waals surface area contributed by atoms with Gasteiger partial charge in [-0.3, -0.25) is 4.79 Å². The first-order chi connectivity index (χ1) is 13.2. The molecule has 2 aromatic rings. The molecule has 1 aromatic carbocycles. The van der Waals surface area contributed by atoms with Crippen molar-refractivity contribution in [2.75, 3.05) is 5.75 Å². The van der Waals surface area contributed by atoms with Crippen LogP contribution >= 0.6 is 11.8 Å². The highest BCUT2D eigenvalue weighted by atomic mass is 32.2. The molecular weight excluding hydrogens is 358 g/mol. The number of carbonyl (C=O) groups is 1. The van der Waals surface area contributed by atoms with Crippen molar-refractivity contribution in [3.05, 3.63) is 41.7 Å². The largest absolute Gasteiger partial charge is 0.337 e. The van der Waals surface area contributed by atoms with Gasteiger partial charge in [-0.15, -0.1) is 10.2 Å². The first-order valence-electron chi connectivity index (χ1n) is 9.51. The zero-order valence-electron chi connectivity index (χ0n) is 15.2. The fourth-order valence-corrected chi connectivity index (χ4v) is 4.39. The third-order valence-corrected chi connectivity index (χ3v) is 6.22. The van der Waals surface area contributed by atoms with Crippen LogP contribution in [0.5, 0.6) is 0 Å². The summed E-state index contributed by atoms with van der Waals surface area (Å²) in [4.78, 5) is 12.4. The number of nitrogens with zero attached hydrogens (tertiary/aromatic N) is 4. The number of rotatable bonds is 7. The quantitative estimate of drug-likeness (QED) is 0.744. The lowest BCUT2D eigenvalue weighted by atomic mass is 10.0. The molecule has 6 nitrogen and oxygen atoms in total. The van der Waals surface area contributed by atoms with Crippen LogP contribution < -0.4 is 5.32 Å². The van der Waals surface area contributed by atoms with Crippen LogP contribution in [0.2, 0.25) is 0 Å². The lowest BCUT2D eigenvalue weighted by Gasteiger charge is -2.21. The summed E-state index contributed by atoms with van der Waals surface area (Å²) >= 11 is 1.40. The fourth-order valence-electron chi connectivity index (χ4n) is 3.64. The molecule has 140 valence electrons.